The monoisotopic (exact) mass is 419 g/mol. The van der Waals surface area contributed by atoms with Gasteiger partial charge in [0.1, 0.15) is 12.4 Å². The summed E-state index contributed by atoms with van der Waals surface area (Å²) in [6.45, 7) is -0.0152. The maximum atomic E-state index is 12.2. The summed E-state index contributed by atoms with van der Waals surface area (Å²) in [7, 11) is 3.95. The highest BCUT2D eigenvalue weighted by Crippen LogP contribution is 2.39. The van der Waals surface area contributed by atoms with Crippen LogP contribution in [0, 0.1) is 0 Å². The molecule has 130 valence electrons. The minimum absolute atomic E-state index is 0.0417. The first kappa shape index (κ1) is 18.6. The molecule has 2 rings (SSSR count). The van der Waals surface area contributed by atoms with E-state index in [1.165, 1.54) is 26.2 Å². The Hall–Kier alpha value is -1.77. The number of benzene rings is 1. The van der Waals surface area contributed by atoms with E-state index in [0.717, 1.165) is 0 Å². The normalized spacial score (nSPS) is 14.5. The molecule has 0 atom stereocenters. The maximum Gasteiger partial charge on any atom is 0.355 e. The molecule has 0 radical (unpaired) electrons. The molecule has 0 aromatic heterocycles. The van der Waals surface area contributed by atoms with E-state index in [0.29, 0.717) is 20.9 Å². The molecule has 24 heavy (non-hydrogen) atoms. The minimum Gasteiger partial charge on any atom is -0.494 e. The van der Waals surface area contributed by atoms with Crippen LogP contribution in [-0.4, -0.2) is 46.6 Å². The van der Waals surface area contributed by atoms with Crippen LogP contribution in [0.4, 0.5) is 5.69 Å². The van der Waals surface area contributed by atoms with Gasteiger partial charge in [0, 0.05) is 5.69 Å². The minimum atomic E-state index is -0.679. The van der Waals surface area contributed by atoms with Crippen molar-refractivity contribution >= 4 is 45.2 Å². The Labute approximate surface area is 152 Å². The predicted molar refractivity (Wildman–Crippen MR) is 90.1 cm³/mol. The Bertz CT molecular complexity index is 682. The van der Waals surface area contributed by atoms with Crippen molar-refractivity contribution < 1.29 is 28.5 Å². The molecule has 0 bridgehead atoms. The fourth-order valence-corrected chi connectivity index (χ4v) is 3.26. The summed E-state index contributed by atoms with van der Waals surface area (Å²) in [5.41, 5.74) is 0.636. The first-order chi connectivity index (χ1) is 11.4. The van der Waals surface area contributed by atoms with Gasteiger partial charge in [-0.05, 0) is 28.1 Å². The zero-order valence-corrected chi connectivity index (χ0v) is 15.6. The third-order valence-electron chi connectivity index (χ3n) is 3.33. The Morgan fingerprint density at radius 1 is 1.21 bits per heavy atom. The highest BCUT2D eigenvalue weighted by Gasteiger charge is 2.33. The lowest BCUT2D eigenvalue weighted by Crippen LogP contribution is -2.38. The molecule has 9 heteroatoms. The van der Waals surface area contributed by atoms with Crippen molar-refractivity contribution in [2.45, 2.75) is 0 Å². The number of rotatable bonds is 4. The van der Waals surface area contributed by atoms with Crippen LogP contribution < -0.4 is 9.64 Å². The smallest absolute Gasteiger partial charge is 0.355 e. The van der Waals surface area contributed by atoms with Crippen molar-refractivity contribution in [3.05, 3.63) is 32.9 Å². The molecule has 0 amide bonds. The van der Waals surface area contributed by atoms with Crippen LogP contribution >= 0.6 is 27.5 Å². The molecule has 1 aliphatic rings. The third kappa shape index (κ3) is 3.50. The number of hydrogen-bond donors (Lipinski definition) is 0. The molecular weight excluding hydrogens is 406 g/mol. The van der Waals surface area contributed by atoms with Crippen LogP contribution in [0.5, 0.6) is 5.75 Å². The molecule has 0 saturated heterocycles. The van der Waals surface area contributed by atoms with E-state index in [1.54, 1.807) is 12.1 Å². The Kier molecular flexibility index (Phi) is 6.09. The first-order valence-electron chi connectivity index (χ1n) is 6.72. The average Bonchev–Trinajstić information content (AvgIpc) is 2.59. The zero-order chi connectivity index (χ0) is 17.9. The second-order valence-electron chi connectivity index (χ2n) is 4.66. The van der Waals surface area contributed by atoms with Gasteiger partial charge >= 0.3 is 11.9 Å². The van der Waals surface area contributed by atoms with Gasteiger partial charge in [0.15, 0.2) is 5.75 Å². The summed E-state index contributed by atoms with van der Waals surface area (Å²) in [4.78, 5) is 25.7. The Morgan fingerprint density at radius 3 is 2.42 bits per heavy atom. The number of nitrogens with zero attached hydrogens (tertiary/aromatic N) is 1. The second kappa shape index (κ2) is 7.87. The average molecular weight is 421 g/mol. The van der Waals surface area contributed by atoms with E-state index in [9.17, 15) is 9.59 Å². The fraction of sp³-hybridized carbons (Fsp3) is 0.333. The third-order valence-corrected chi connectivity index (χ3v) is 4.20. The molecule has 0 unspecified atom stereocenters. The molecule has 0 N–H and O–H groups in total. The van der Waals surface area contributed by atoms with E-state index >= 15 is 0 Å². The van der Waals surface area contributed by atoms with Gasteiger partial charge in [-0.15, -0.1) is 0 Å². The Morgan fingerprint density at radius 2 is 1.88 bits per heavy atom. The lowest BCUT2D eigenvalue weighted by molar-refractivity contribution is -0.140. The lowest BCUT2D eigenvalue weighted by atomic mass is 10.1. The molecule has 1 aromatic rings. The number of methoxy groups -OCH3 is 3. The van der Waals surface area contributed by atoms with Crippen LogP contribution in [0.3, 0.4) is 0 Å². The van der Waals surface area contributed by atoms with Crippen molar-refractivity contribution in [2.75, 3.05) is 39.6 Å². The maximum absolute atomic E-state index is 12.2. The van der Waals surface area contributed by atoms with Crippen LogP contribution in [0.2, 0.25) is 5.02 Å². The van der Waals surface area contributed by atoms with Crippen LogP contribution in [0.15, 0.2) is 27.9 Å². The van der Waals surface area contributed by atoms with Crippen molar-refractivity contribution in [1.29, 1.82) is 0 Å². The quantitative estimate of drug-likeness (QED) is 0.693. The molecule has 7 nitrogen and oxygen atoms in total. The van der Waals surface area contributed by atoms with E-state index in [2.05, 4.69) is 15.9 Å². The number of carbonyl (C=O) groups excluding carboxylic acids is 2. The van der Waals surface area contributed by atoms with Crippen molar-refractivity contribution in [3.8, 4) is 5.75 Å². The van der Waals surface area contributed by atoms with E-state index < -0.39 is 11.9 Å². The van der Waals surface area contributed by atoms with Crippen LogP contribution in [-0.2, 0) is 23.8 Å². The first-order valence-corrected chi connectivity index (χ1v) is 7.89. The second-order valence-corrected chi connectivity index (χ2v) is 5.92. The zero-order valence-electron chi connectivity index (χ0n) is 13.2. The molecule has 1 aromatic carbocycles. The summed E-state index contributed by atoms with van der Waals surface area (Å²) >= 11 is 9.55. The topological polar surface area (TPSA) is 74.3 Å². The number of carbonyl (C=O) groups is 2. The number of anilines is 1. The van der Waals surface area contributed by atoms with Gasteiger partial charge in [0.2, 0.25) is 0 Å². The molecule has 1 heterocycles. The van der Waals surface area contributed by atoms with Gasteiger partial charge in [-0.1, -0.05) is 11.6 Å². The van der Waals surface area contributed by atoms with Crippen molar-refractivity contribution in [2.24, 2.45) is 0 Å². The molecule has 0 spiro atoms. The van der Waals surface area contributed by atoms with Gasteiger partial charge in [-0.3, -0.25) is 0 Å². The number of halogens is 2. The van der Waals surface area contributed by atoms with E-state index in [-0.39, 0.29) is 24.6 Å². The summed E-state index contributed by atoms with van der Waals surface area (Å²) in [5.74, 6) is -0.893. The van der Waals surface area contributed by atoms with Gasteiger partial charge in [0.25, 0.3) is 0 Å². The summed E-state index contributed by atoms with van der Waals surface area (Å²) in [6.07, 6.45) is 0. The largest absolute Gasteiger partial charge is 0.494 e. The molecular formula is C15H15BrClNO6. The molecule has 1 aliphatic heterocycles. The number of ether oxygens (including phenoxy) is 4. The molecule has 0 fully saturated rings. The Balaban J connectivity index is 2.59. The molecule has 0 aliphatic carbocycles. The summed E-state index contributed by atoms with van der Waals surface area (Å²) in [6, 6.07) is 3.29. The molecule has 0 saturated carbocycles. The number of hydrogen-bond acceptors (Lipinski definition) is 7. The van der Waals surface area contributed by atoms with Crippen molar-refractivity contribution in [1.82, 2.24) is 0 Å². The van der Waals surface area contributed by atoms with Crippen molar-refractivity contribution in [3.63, 3.8) is 0 Å². The van der Waals surface area contributed by atoms with Gasteiger partial charge in [0.05, 0.1) is 43.0 Å². The summed E-state index contributed by atoms with van der Waals surface area (Å²) < 4.78 is 20.7. The van der Waals surface area contributed by atoms with E-state index in [4.69, 9.17) is 30.5 Å². The van der Waals surface area contributed by atoms with Gasteiger partial charge in [-0.25, -0.2) is 9.59 Å². The highest BCUT2D eigenvalue weighted by atomic mass is 79.9. The lowest BCUT2D eigenvalue weighted by Gasteiger charge is -2.31. The van der Waals surface area contributed by atoms with E-state index in [1.807, 2.05) is 0 Å². The fourth-order valence-electron chi connectivity index (χ4n) is 2.24. The van der Waals surface area contributed by atoms with Gasteiger partial charge in [-0.2, -0.15) is 0 Å². The van der Waals surface area contributed by atoms with Gasteiger partial charge < -0.3 is 23.8 Å². The standard InChI is InChI=1S/C15H15BrClNO6/c1-21-13-10(16)4-8(5-11(13)17)18-7-24-6-9(14(19)22-2)12(18)15(20)23-3/h4-5H,6-7H2,1-3H3. The predicted octanol–water partition coefficient (Wildman–Crippen LogP) is 2.51. The summed E-state index contributed by atoms with van der Waals surface area (Å²) in [5, 5.41) is 0.330. The number of esters is 2. The van der Waals surface area contributed by atoms with Crippen LogP contribution in [0.25, 0.3) is 0 Å². The SMILES string of the molecule is COC(=O)C1=C(C(=O)OC)N(c2cc(Cl)c(OC)c(Br)c2)COC1. The highest BCUT2D eigenvalue weighted by molar-refractivity contribution is 9.10. The van der Waals surface area contributed by atoms with Crippen LogP contribution in [0.1, 0.15) is 0 Å².